The van der Waals surface area contributed by atoms with E-state index >= 15 is 0 Å². The SMILES string of the molecule is CCCCCCCN1C(C)=CS/C1=C\C1SC=C(C)N1CCCCCCC.I. The fourth-order valence-electron chi connectivity index (χ4n) is 3.69. The van der Waals surface area contributed by atoms with Crippen LogP contribution in [0.1, 0.15) is 91.9 Å². The van der Waals surface area contributed by atoms with Crippen LogP contribution in [0.2, 0.25) is 0 Å². The van der Waals surface area contributed by atoms with Crippen LogP contribution >= 0.6 is 47.5 Å². The van der Waals surface area contributed by atoms with Gasteiger partial charge in [0, 0.05) is 24.5 Å². The zero-order valence-corrected chi connectivity index (χ0v) is 22.4. The van der Waals surface area contributed by atoms with Crippen LogP contribution in [-0.2, 0) is 0 Å². The molecule has 0 N–H and O–H groups in total. The van der Waals surface area contributed by atoms with E-state index in [4.69, 9.17) is 0 Å². The van der Waals surface area contributed by atoms with Crippen LogP contribution in [-0.4, -0.2) is 28.3 Å². The Bertz CT molecular complexity index is 531. The summed E-state index contributed by atoms with van der Waals surface area (Å²) in [7, 11) is 0. The molecule has 28 heavy (non-hydrogen) atoms. The number of rotatable bonds is 13. The van der Waals surface area contributed by atoms with Crippen LogP contribution in [0.5, 0.6) is 0 Å². The Morgan fingerprint density at radius 1 is 0.821 bits per heavy atom. The number of halogens is 1. The van der Waals surface area contributed by atoms with Crippen molar-refractivity contribution in [3.63, 3.8) is 0 Å². The van der Waals surface area contributed by atoms with Crippen molar-refractivity contribution in [2.24, 2.45) is 0 Å². The van der Waals surface area contributed by atoms with Gasteiger partial charge in [-0.3, -0.25) is 0 Å². The first-order valence-electron chi connectivity index (χ1n) is 11.1. The standard InChI is InChI=1S/C23H40N2S2.HI/c1-5-7-9-11-13-15-24-20(3)18-26-22(24)17-23-25(21(4)19-27-23)16-14-12-10-8-6-2;/h17-19,22H,5-16H2,1-4H3;1H/b23-17-;. The van der Waals surface area contributed by atoms with Crippen LogP contribution in [0.15, 0.2) is 33.3 Å². The third-order valence-electron chi connectivity index (χ3n) is 5.45. The van der Waals surface area contributed by atoms with Crippen molar-refractivity contribution in [2.45, 2.75) is 97.3 Å². The van der Waals surface area contributed by atoms with Crippen LogP contribution in [0.4, 0.5) is 0 Å². The molecule has 0 spiro atoms. The van der Waals surface area contributed by atoms with Gasteiger partial charge in [-0.2, -0.15) is 0 Å². The Morgan fingerprint density at radius 2 is 1.43 bits per heavy atom. The number of allylic oxidation sites excluding steroid dienone is 2. The zero-order valence-electron chi connectivity index (χ0n) is 18.4. The Morgan fingerprint density at radius 3 is 2.07 bits per heavy atom. The molecule has 2 aliphatic heterocycles. The molecule has 0 radical (unpaired) electrons. The molecule has 0 amide bonds. The summed E-state index contributed by atoms with van der Waals surface area (Å²) in [6.45, 7) is 11.5. The van der Waals surface area contributed by atoms with E-state index in [2.05, 4.69) is 54.4 Å². The minimum absolute atomic E-state index is 0. The average Bonchev–Trinajstić information content (AvgIpc) is 3.18. The summed E-state index contributed by atoms with van der Waals surface area (Å²) in [5.41, 5.74) is 2.86. The lowest BCUT2D eigenvalue weighted by atomic mass is 10.1. The van der Waals surface area contributed by atoms with E-state index in [0.29, 0.717) is 5.37 Å². The van der Waals surface area contributed by atoms with E-state index < -0.39 is 0 Å². The van der Waals surface area contributed by atoms with E-state index in [1.807, 2.05) is 23.5 Å². The van der Waals surface area contributed by atoms with E-state index in [1.54, 1.807) is 0 Å². The molecule has 2 rings (SSSR count). The van der Waals surface area contributed by atoms with E-state index in [0.717, 1.165) is 0 Å². The highest BCUT2D eigenvalue weighted by atomic mass is 127. The van der Waals surface area contributed by atoms with Crippen LogP contribution in [0.3, 0.4) is 0 Å². The first-order valence-corrected chi connectivity index (χ1v) is 12.9. The highest BCUT2D eigenvalue weighted by molar-refractivity contribution is 14.0. The molecule has 0 saturated heterocycles. The molecule has 0 bridgehead atoms. The summed E-state index contributed by atoms with van der Waals surface area (Å²) in [6, 6.07) is 0. The van der Waals surface area contributed by atoms with Gasteiger partial charge in [0.1, 0.15) is 5.37 Å². The van der Waals surface area contributed by atoms with Crippen LogP contribution < -0.4 is 0 Å². The molecular weight excluding hydrogens is 495 g/mol. The second-order valence-electron chi connectivity index (χ2n) is 7.84. The molecule has 0 aromatic rings. The number of hydrogen-bond acceptors (Lipinski definition) is 4. The van der Waals surface area contributed by atoms with E-state index in [-0.39, 0.29) is 24.0 Å². The van der Waals surface area contributed by atoms with Gasteiger partial charge in [0.2, 0.25) is 0 Å². The normalized spacial score (nSPS) is 20.6. The van der Waals surface area contributed by atoms with Crippen molar-refractivity contribution in [1.29, 1.82) is 0 Å². The van der Waals surface area contributed by atoms with Gasteiger partial charge in [0.05, 0.1) is 5.03 Å². The summed E-state index contributed by atoms with van der Waals surface area (Å²) in [5, 5.41) is 6.59. The summed E-state index contributed by atoms with van der Waals surface area (Å²) in [4.78, 5) is 5.15. The van der Waals surface area contributed by atoms with Gasteiger partial charge in [-0.15, -0.1) is 35.7 Å². The fourth-order valence-corrected chi connectivity index (χ4v) is 5.86. The van der Waals surface area contributed by atoms with Gasteiger partial charge in [-0.25, -0.2) is 0 Å². The summed E-state index contributed by atoms with van der Waals surface area (Å²) in [5.74, 6) is 0. The minimum atomic E-state index is 0. The number of nitrogens with zero attached hydrogens (tertiary/aromatic N) is 2. The molecule has 2 heterocycles. The van der Waals surface area contributed by atoms with Crippen LogP contribution in [0.25, 0.3) is 0 Å². The molecular formula is C23H41IN2S2. The predicted octanol–water partition coefficient (Wildman–Crippen LogP) is 8.53. The number of thioether (sulfide) groups is 2. The van der Waals surface area contributed by atoms with Gasteiger partial charge in [-0.1, -0.05) is 77.0 Å². The van der Waals surface area contributed by atoms with Crippen molar-refractivity contribution in [2.75, 3.05) is 13.1 Å². The molecule has 0 aromatic carbocycles. The lowest BCUT2D eigenvalue weighted by Gasteiger charge is -2.28. The Balaban J connectivity index is 0.00000392. The van der Waals surface area contributed by atoms with Crippen molar-refractivity contribution >= 4 is 47.5 Å². The second-order valence-corrected chi connectivity index (χ2v) is 9.72. The van der Waals surface area contributed by atoms with Crippen LogP contribution in [0, 0.1) is 0 Å². The maximum Gasteiger partial charge on any atom is 0.100 e. The monoisotopic (exact) mass is 536 g/mol. The molecule has 5 heteroatoms. The highest BCUT2D eigenvalue weighted by Gasteiger charge is 2.25. The Kier molecular flexibility index (Phi) is 14.2. The third-order valence-corrected chi connectivity index (χ3v) is 7.66. The quantitative estimate of drug-likeness (QED) is 0.172. The number of unbranched alkanes of at least 4 members (excludes halogenated alkanes) is 8. The Hall–Kier alpha value is 0.250. The van der Waals surface area contributed by atoms with Crippen molar-refractivity contribution < 1.29 is 0 Å². The summed E-state index contributed by atoms with van der Waals surface area (Å²) < 4.78 is 0. The van der Waals surface area contributed by atoms with E-state index in [9.17, 15) is 0 Å². The number of hydrogen-bond donors (Lipinski definition) is 0. The second kappa shape index (κ2) is 15.1. The van der Waals surface area contributed by atoms with Gasteiger partial charge in [0.25, 0.3) is 0 Å². The van der Waals surface area contributed by atoms with Gasteiger partial charge in [0.15, 0.2) is 0 Å². The average molecular weight is 537 g/mol. The van der Waals surface area contributed by atoms with Gasteiger partial charge >= 0.3 is 0 Å². The maximum atomic E-state index is 2.61. The van der Waals surface area contributed by atoms with Crippen molar-refractivity contribution in [3.05, 3.63) is 33.3 Å². The molecule has 0 fully saturated rings. The molecule has 0 aromatic heterocycles. The fraction of sp³-hybridized carbons (Fsp3) is 0.739. The summed E-state index contributed by atoms with van der Waals surface area (Å²) in [6.07, 6.45) is 16.0. The first kappa shape index (κ1) is 26.3. The molecule has 162 valence electrons. The molecule has 0 saturated carbocycles. The highest BCUT2D eigenvalue weighted by Crippen LogP contribution is 2.39. The maximum absolute atomic E-state index is 2.61. The molecule has 2 aliphatic rings. The molecule has 1 atom stereocenters. The van der Waals surface area contributed by atoms with Gasteiger partial charge < -0.3 is 9.80 Å². The van der Waals surface area contributed by atoms with Gasteiger partial charge in [-0.05, 0) is 43.6 Å². The third kappa shape index (κ3) is 8.55. The summed E-state index contributed by atoms with van der Waals surface area (Å²) >= 11 is 3.89. The lowest BCUT2D eigenvalue weighted by Crippen LogP contribution is -2.28. The van der Waals surface area contributed by atoms with Crippen molar-refractivity contribution in [1.82, 2.24) is 9.80 Å². The zero-order chi connectivity index (χ0) is 19.5. The van der Waals surface area contributed by atoms with Crippen molar-refractivity contribution in [3.8, 4) is 0 Å². The smallest absolute Gasteiger partial charge is 0.100 e. The topological polar surface area (TPSA) is 6.48 Å². The molecule has 2 nitrogen and oxygen atoms in total. The van der Waals surface area contributed by atoms with E-state index in [1.165, 1.54) is 93.7 Å². The largest absolute Gasteiger partial charge is 0.359 e. The molecule has 0 aliphatic carbocycles. The molecule has 1 unspecified atom stereocenters. The first-order chi connectivity index (χ1) is 13.2. The minimum Gasteiger partial charge on any atom is -0.359 e. The predicted molar refractivity (Wildman–Crippen MR) is 141 cm³/mol. The Labute approximate surface area is 200 Å². The lowest BCUT2D eigenvalue weighted by molar-refractivity contribution is 0.348.